The van der Waals surface area contributed by atoms with Crippen molar-refractivity contribution < 1.29 is 17.3 Å². The number of furan rings is 1. The van der Waals surface area contributed by atoms with Crippen LogP contribution in [0.25, 0.3) is 22.4 Å². The van der Waals surface area contributed by atoms with Gasteiger partial charge < -0.3 is 8.83 Å². The zero-order chi connectivity index (χ0) is 20.8. The van der Waals surface area contributed by atoms with Gasteiger partial charge in [-0.05, 0) is 44.2 Å². The minimum absolute atomic E-state index is 0.0612. The lowest BCUT2D eigenvalue weighted by Gasteiger charge is -2.08. The Labute approximate surface area is 166 Å². The summed E-state index contributed by atoms with van der Waals surface area (Å²) in [5.41, 5.74) is 3.37. The average Bonchev–Trinajstić information content (AvgIpc) is 3.36. The van der Waals surface area contributed by atoms with Crippen molar-refractivity contribution in [2.45, 2.75) is 25.3 Å². The third-order valence-corrected chi connectivity index (χ3v) is 6.30. The molecule has 152 valence electrons. The highest BCUT2D eigenvalue weighted by molar-refractivity contribution is 7.89. The average molecular weight is 416 g/mol. The Morgan fingerprint density at radius 1 is 1.21 bits per heavy atom. The van der Waals surface area contributed by atoms with Gasteiger partial charge >= 0.3 is 5.76 Å². The molecule has 29 heavy (non-hydrogen) atoms. The summed E-state index contributed by atoms with van der Waals surface area (Å²) >= 11 is 0. The Kier molecular flexibility index (Phi) is 4.67. The van der Waals surface area contributed by atoms with Crippen LogP contribution in [0, 0.1) is 13.8 Å². The van der Waals surface area contributed by atoms with Gasteiger partial charge in [-0.3, -0.25) is 9.25 Å². The number of nitrogens with one attached hydrogen (secondary N) is 1. The second-order valence-corrected chi connectivity index (χ2v) is 8.47. The van der Waals surface area contributed by atoms with Gasteiger partial charge in [-0.15, -0.1) is 0 Å². The molecule has 1 N–H and O–H groups in total. The van der Waals surface area contributed by atoms with Gasteiger partial charge in [0.25, 0.3) is 0 Å². The van der Waals surface area contributed by atoms with E-state index in [-0.39, 0.29) is 11.4 Å². The fraction of sp³-hybridized carbons (Fsp3) is 0.263. The Morgan fingerprint density at radius 3 is 2.72 bits per heavy atom. The molecule has 0 aliphatic heterocycles. The molecule has 4 rings (SSSR count). The lowest BCUT2D eigenvalue weighted by atomic mass is 10.1. The predicted octanol–water partition coefficient (Wildman–Crippen LogP) is 2.18. The van der Waals surface area contributed by atoms with Crippen molar-refractivity contribution in [3.63, 3.8) is 0 Å². The Morgan fingerprint density at radius 2 is 2.00 bits per heavy atom. The maximum Gasteiger partial charge on any atom is 0.419 e. The molecule has 0 unspecified atom stereocenters. The van der Waals surface area contributed by atoms with Gasteiger partial charge in [0.1, 0.15) is 5.76 Å². The summed E-state index contributed by atoms with van der Waals surface area (Å²) in [7, 11) is -2.23. The molecule has 0 radical (unpaired) electrons. The predicted molar refractivity (Wildman–Crippen MR) is 106 cm³/mol. The number of aromatic nitrogens is 3. The molecular weight excluding hydrogens is 396 g/mol. The van der Waals surface area contributed by atoms with Gasteiger partial charge in [-0.2, -0.15) is 5.10 Å². The molecule has 0 amide bonds. The molecule has 9 nitrogen and oxygen atoms in total. The first-order valence-corrected chi connectivity index (χ1v) is 10.4. The molecule has 0 aliphatic carbocycles. The number of nitrogens with zero attached hydrogens (tertiary/aromatic N) is 3. The smallest absolute Gasteiger partial charge is 0.419 e. The van der Waals surface area contributed by atoms with Gasteiger partial charge in [0.15, 0.2) is 5.58 Å². The number of fused-ring (bicyclic) bond motifs is 1. The fourth-order valence-corrected chi connectivity index (χ4v) is 4.38. The monoisotopic (exact) mass is 416 g/mol. The van der Waals surface area contributed by atoms with Crippen LogP contribution < -0.4 is 10.5 Å². The van der Waals surface area contributed by atoms with Crippen LogP contribution in [0.3, 0.4) is 0 Å². The van der Waals surface area contributed by atoms with E-state index in [1.54, 1.807) is 10.9 Å². The Balaban J connectivity index is 1.51. The third-order valence-electron chi connectivity index (χ3n) is 4.84. The van der Waals surface area contributed by atoms with E-state index in [1.807, 2.05) is 26.0 Å². The second kappa shape index (κ2) is 7.05. The second-order valence-electron chi connectivity index (χ2n) is 6.70. The third kappa shape index (κ3) is 3.40. The van der Waals surface area contributed by atoms with Crippen molar-refractivity contribution >= 4 is 21.1 Å². The van der Waals surface area contributed by atoms with Crippen molar-refractivity contribution in [2.24, 2.45) is 7.05 Å². The summed E-state index contributed by atoms with van der Waals surface area (Å²) in [6, 6.07) is 7.98. The normalized spacial score (nSPS) is 12.1. The van der Waals surface area contributed by atoms with Crippen molar-refractivity contribution in [1.82, 2.24) is 19.1 Å². The maximum atomic E-state index is 12.7. The van der Waals surface area contributed by atoms with Gasteiger partial charge in [0, 0.05) is 19.3 Å². The largest absolute Gasteiger partial charge is 0.464 e. The van der Waals surface area contributed by atoms with E-state index in [1.165, 1.54) is 29.8 Å². The molecule has 0 aliphatic rings. The van der Waals surface area contributed by atoms with Crippen LogP contribution in [0.4, 0.5) is 0 Å². The number of rotatable bonds is 6. The number of sulfonamides is 1. The molecule has 0 bridgehead atoms. The summed E-state index contributed by atoms with van der Waals surface area (Å²) < 4.78 is 41.4. The topological polar surface area (TPSA) is 112 Å². The van der Waals surface area contributed by atoms with Crippen LogP contribution in [0.2, 0.25) is 0 Å². The lowest BCUT2D eigenvalue weighted by molar-refractivity contribution is 0.528. The van der Waals surface area contributed by atoms with Crippen molar-refractivity contribution in [3.8, 4) is 11.3 Å². The van der Waals surface area contributed by atoms with Crippen molar-refractivity contribution in [2.75, 3.05) is 6.54 Å². The Hall–Kier alpha value is -3.11. The Bertz CT molecular complexity index is 1340. The molecule has 0 saturated heterocycles. The quantitative estimate of drug-likeness (QED) is 0.516. The van der Waals surface area contributed by atoms with Crippen LogP contribution in [0.1, 0.15) is 11.4 Å². The molecule has 0 spiro atoms. The summed E-state index contributed by atoms with van der Waals surface area (Å²) in [6.45, 7) is 4.32. The molecule has 3 aromatic heterocycles. The highest BCUT2D eigenvalue weighted by Gasteiger charge is 2.18. The van der Waals surface area contributed by atoms with Crippen LogP contribution >= 0.6 is 0 Å². The highest BCUT2D eigenvalue weighted by atomic mass is 32.2. The van der Waals surface area contributed by atoms with Crippen LogP contribution in [-0.4, -0.2) is 29.3 Å². The lowest BCUT2D eigenvalue weighted by Crippen LogP contribution is -2.28. The molecule has 3 heterocycles. The van der Waals surface area contributed by atoms with E-state index in [0.29, 0.717) is 17.6 Å². The zero-order valence-corrected chi connectivity index (χ0v) is 17.0. The van der Waals surface area contributed by atoms with Gasteiger partial charge in [-0.1, -0.05) is 0 Å². The number of hydrogen-bond acceptors (Lipinski definition) is 6. The highest BCUT2D eigenvalue weighted by Crippen LogP contribution is 2.27. The van der Waals surface area contributed by atoms with E-state index in [4.69, 9.17) is 8.83 Å². The van der Waals surface area contributed by atoms with Crippen molar-refractivity contribution in [1.29, 1.82) is 0 Å². The molecule has 10 heteroatoms. The zero-order valence-electron chi connectivity index (χ0n) is 16.2. The number of aryl methyl sites for hydroxylation is 2. The molecule has 0 atom stereocenters. The summed E-state index contributed by atoms with van der Waals surface area (Å²) in [6.07, 6.45) is 1.60. The van der Waals surface area contributed by atoms with E-state index < -0.39 is 15.8 Å². The molecule has 1 aromatic carbocycles. The summed E-state index contributed by atoms with van der Waals surface area (Å²) in [4.78, 5) is 11.7. The molecule has 0 fully saturated rings. The first-order valence-electron chi connectivity index (χ1n) is 8.95. The van der Waals surface area contributed by atoms with Crippen LogP contribution in [0.5, 0.6) is 0 Å². The number of hydrogen-bond donors (Lipinski definition) is 1. The minimum atomic E-state index is -3.76. The van der Waals surface area contributed by atoms with E-state index >= 15 is 0 Å². The minimum Gasteiger partial charge on any atom is -0.464 e. The van der Waals surface area contributed by atoms with Gasteiger partial charge in [-0.25, -0.2) is 17.9 Å². The van der Waals surface area contributed by atoms with Gasteiger partial charge in [0.2, 0.25) is 10.0 Å². The van der Waals surface area contributed by atoms with E-state index in [2.05, 4.69) is 9.82 Å². The first-order chi connectivity index (χ1) is 13.8. The summed E-state index contributed by atoms with van der Waals surface area (Å²) in [5.74, 6) is 0.185. The maximum absolute atomic E-state index is 12.7. The van der Waals surface area contributed by atoms with Crippen LogP contribution in [0.15, 0.2) is 55.1 Å². The SMILES string of the molecule is Cc1nn(CCNS(=O)(=O)c2ccc3oc(=O)n(C)c3c2)c(C)c1-c1ccco1. The summed E-state index contributed by atoms with van der Waals surface area (Å²) in [5, 5.41) is 4.49. The first kappa shape index (κ1) is 19.2. The number of benzene rings is 1. The molecular formula is C19H20N4O5S. The van der Waals surface area contributed by atoms with E-state index in [0.717, 1.165) is 22.7 Å². The van der Waals surface area contributed by atoms with E-state index in [9.17, 15) is 13.2 Å². The van der Waals surface area contributed by atoms with Gasteiger partial charge in [0.05, 0.1) is 34.5 Å². The molecule has 0 saturated carbocycles. The fourth-order valence-electron chi connectivity index (χ4n) is 3.33. The van der Waals surface area contributed by atoms with Crippen LogP contribution in [-0.2, 0) is 23.6 Å². The number of oxazole rings is 1. The standard InChI is InChI=1S/C19H20N4O5S/c1-12-18(17-5-4-10-27-17)13(2)23(21-12)9-8-20-29(25,26)14-6-7-16-15(11-14)22(3)19(24)28-16/h4-7,10-11,20H,8-9H2,1-3H3. The van der Waals surface area contributed by atoms with Crippen molar-refractivity contribution in [3.05, 3.63) is 58.5 Å². The molecule has 4 aromatic rings.